The number of aromatic nitrogens is 2. The summed E-state index contributed by atoms with van der Waals surface area (Å²) < 4.78 is 0. The number of carboxylic acids is 1. The van der Waals surface area contributed by atoms with Gasteiger partial charge in [-0.15, -0.1) is 0 Å². The van der Waals surface area contributed by atoms with Crippen molar-refractivity contribution in [3.05, 3.63) is 42.4 Å². The molecule has 2 rings (SSSR count). The first-order valence-corrected chi connectivity index (χ1v) is 5.66. The maximum atomic E-state index is 10.6. The fourth-order valence-corrected chi connectivity index (χ4v) is 1.49. The fraction of sp³-hybridized carbons (Fsp3) is 0.154. The lowest BCUT2D eigenvalue weighted by Crippen LogP contribution is -2.08. The van der Waals surface area contributed by atoms with Crippen molar-refractivity contribution in [3.63, 3.8) is 0 Å². The van der Waals surface area contributed by atoms with Crippen molar-refractivity contribution in [2.24, 2.45) is 0 Å². The van der Waals surface area contributed by atoms with Gasteiger partial charge in [0.15, 0.2) is 5.69 Å². The molecular weight excluding hydrogens is 244 g/mol. The molecule has 0 amide bonds. The number of benzene rings is 1. The molecule has 0 aliphatic carbocycles. The molecule has 19 heavy (non-hydrogen) atoms. The molecule has 0 fully saturated rings. The minimum Gasteiger partial charge on any atom is -0.476 e. The van der Waals surface area contributed by atoms with E-state index in [9.17, 15) is 4.79 Å². The predicted octanol–water partition coefficient (Wildman–Crippen LogP) is 1.98. The quantitative estimate of drug-likeness (QED) is 0.873. The van der Waals surface area contributed by atoms with Crippen LogP contribution in [0.4, 0.5) is 17.2 Å². The topological polar surface area (TPSA) is 78.4 Å². The molecule has 0 radical (unpaired) electrons. The van der Waals surface area contributed by atoms with Crippen molar-refractivity contribution in [1.82, 2.24) is 9.97 Å². The summed E-state index contributed by atoms with van der Waals surface area (Å²) in [4.78, 5) is 20.4. The first kappa shape index (κ1) is 12.8. The van der Waals surface area contributed by atoms with E-state index in [2.05, 4.69) is 15.3 Å². The van der Waals surface area contributed by atoms with Crippen LogP contribution >= 0.6 is 0 Å². The van der Waals surface area contributed by atoms with Crippen LogP contribution in [0.1, 0.15) is 10.5 Å². The predicted molar refractivity (Wildman–Crippen MR) is 73.0 cm³/mol. The van der Waals surface area contributed by atoms with E-state index in [1.54, 1.807) is 0 Å². The summed E-state index contributed by atoms with van der Waals surface area (Å²) >= 11 is 0. The van der Waals surface area contributed by atoms with E-state index in [1.165, 1.54) is 12.4 Å². The van der Waals surface area contributed by atoms with Crippen molar-refractivity contribution in [1.29, 1.82) is 0 Å². The number of nitrogens with zero attached hydrogens (tertiary/aromatic N) is 3. The average molecular weight is 258 g/mol. The molecule has 0 unspecified atom stereocenters. The second-order valence-electron chi connectivity index (χ2n) is 4.16. The van der Waals surface area contributed by atoms with Crippen LogP contribution in [0.3, 0.4) is 0 Å². The van der Waals surface area contributed by atoms with Gasteiger partial charge in [-0.05, 0) is 24.3 Å². The van der Waals surface area contributed by atoms with Crippen molar-refractivity contribution in [2.45, 2.75) is 0 Å². The molecule has 2 aromatic rings. The number of hydrogen-bond acceptors (Lipinski definition) is 5. The summed E-state index contributed by atoms with van der Waals surface area (Å²) in [5.74, 6) is -0.586. The van der Waals surface area contributed by atoms with Crippen molar-refractivity contribution >= 4 is 23.2 Å². The number of carboxylic acid groups (broad SMARTS) is 1. The molecule has 1 aromatic carbocycles. The summed E-state index contributed by atoms with van der Waals surface area (Å²) in [6.45, 7) is 0. The highest BCUT2D eigenvalue weighted by atomic mass is 16.4. The summed E-state index contributed by atoms with van der Waals surface area (Å²) in [6, 6.07) is 7.78. The van der Waals surface area contributed by atoms with Gasteiger partial charge in [-0.2, -0.15) is 0 Å². The van der Waals surface area contributed by atoms with Gasteiger partial charge in [0.25, 0.3) is 0 Å². The van der Waals surface area contributed by atoms with Gasteiger partial charge in [0.05, 0.1) is 12.4 Å². The molecule has 0 bridgehead atoms. The lowest BCUT2D eigenvalue weighted by molar-refractivity contribution is 0.0690. The summed E-state index contributed by atoms with van der Waals surface area (Å²) in [5, 5.41) is 11.8. The van der Waals surface area contributed by atoms with Gasteiger partial charge in [0.2, 0.25) is 0 Å². The molecule has 0 saturated carbocycles. The Hall–Kier alpha value is -2.63. The minimum absolute atomic E-state index is 0.0755. The Balaban J connectivity index is 2.10. The van der Waals surface area contributed by atoms with Crippen LogP contribution in [-0.2, 0) is 0 Å². The maximum absolute atomic E-state index is 10.6. The minimum atomic E-state index is -1.09. The molecule has 0 saturated heterocycles. The maximum Gasteiger partial charge on any atom is 0.356 e. The zero-order valence-corrected chi connectivity index (χ0v) is 10.7. The van der Waals surface area contributed by atoms with Crippen molar-refractivity contribution < 1.29 is 9.90 Å². The molecule has 98 valence electrons. The van der Waals surface area contributed by atoms with E-state index in [-0.39, 0.29) is 5.69 Å². The Morgan fingerprint density at radius 2 is 1.84 bits per heavy atom. The molecule has 1 aromatic heterocycles. The van der Waals surface area contributed by atoms with Crippen LogP contribution in [0.25, 0.3) is 0 Å². The number of rotatable bonds is 4. The fourth-order valence-electron chi connectivity index (χ4n) is 1.49. The van der Waals surface area contributed by atoms with Crippen LogP contribution in [0.15, 0.2) is 36.7 Å². The van der Waals surface area contributed by atoms with Crippen LogP contribution in [-0.4, -0.2) is 35.1 Å². The Labute approximate surface area is 110 Å². The zero-order valence-electron chi connectivity index (χ0n) is 10.7. The smallest absolute Gasteiger partial charge is 0.356 e. The van der Waals surface area contributed by atoms with E-state index in [1.807, 2.05) is 43.3 Å². The average Bonchev–Trinajstić information content (AvgIpc) is 2.40. The number of anilines is 3. The van der Waals surface area contributed by atoms with Gasteiger partial charge in [-0.3, -0.25) is 0 Å². The van der Waals surface area contributed by atoms with Crippen LogP contribution < -0.4 is 10.2 Å². The number of nitrogens with one attached hydrogen (secondary N) is 1. The molecule has 1 heterocycles. The SMILES string of the molecule is CN(C)c1ccc(Nc2cnc(C(=O)O)cn2)cc1. The highest BCUT2D eigenvalue weighted by Crippen LogP contribution is 2.18. The van der Waals surface area contributed by atoms with E-state index < -0.39 is 5.97 Å². The molecule has 0 spiro atoms. The number of carbonyl (C=O) groups is 1. The zero-order chi connectivity index (χ0) is 13.8. The standard InChI is InChI=1S/C13H14N4O2/c1-17(2)10-5-3-9(4-6-10)16-12-8-14-11(7-15-12)13(18)19/h3-8H,1-2H3,(H,15,16)(H,18,19). The van der Waals surface area contributed by atoms with E-state index in [0.29, 0.717) is 5.82 Å². The highest BCUT2D eigenvalue weighted by Gasteiger charge is 2.05. The monoisotopic (exact) mass is 258 g/mol. The Morgan fingerprint density at radius 3 is 2.32 bits per heavy atom. The molecule has 0 aliphatic rings. The Kier molecular flexibility index (Phi) is 3.61. The van der Waals surface area contributed by atoms with Gasteiger partial charge in [-0.25, -0.2) is 14.8 Å². The van der Waals surface area contributed by atoms with Gasteiger partial charge in [-0.1, -0.05) is 0 Å². The normalized spacial score (nSPS) is 10.0. The molecule has 6 heteroatoms. The molecule has 6 nitrogen and oxygen atoms in total. The lowest BCUT2D eigenvalue weighted by Gasteiger charge is -2.13. The molecular formula is C13H14N4O2. The van der Waals surface area contributed by atoms with E-state index in [4.69, 9.17) is 5.11 Å². The third kappa shape index (κ3) is 3.19. The van der Waals surface area contributed by atoms with Crippen LogP contribution in [0.5, 0.6) is 0 Å². The molecule has 0 aliphatic heterocycles. The second-order valence-corrected chi connectivity index (χ2v) is 4.16. The Bertz CT molecular complexity index is 564. The number of hydrogen-bond donors (Lipinski definition) is 2. The molecule has 0 atom stereocenters. The lowest BCUT2D eigenvalue weighted by atomic mass is 10.2. The second kappa shape index (κ2) is 5.34. The van der Waals surface area contributed by atoms with Gasteiger partial charge >= 0.3 is 5.97 Å². The van der Waals surface area contributed by atoms with Crippen molar-refractivity contribution in [2.75, 3.05) is 24.3 Å². The van der Waals surface area contributed by atoms with Crippen LogP contribution in [0, 0.1) is 0 Å². The summed E-state index contributed by atoms with van der Waals surface area (Å²) in [6.07, 6.45) is 2.61. The summed E-state index contributed by atoms with van der Waals surface area (Å²) in [7, 11) is 3.94. The third-order valence-electron chi connectivity index (χ3n) is 2.53. The van der Waals surface area contributed by atoms with E-state index in [0.717, 1.165) is 11.4 Å². The van der Waals surface area contributed by atoms with Gasteiger partial charge in [0, 0.05) is 25.5 Å². The van der Waals surface area contributed by atoms with Gasteiger partial charge in [0.1, 0.15) is 5.82 Å². The third-order valence-corrected chi connectivity index (χ3v) is 2.53. The first-order chi connectivity index (χ1) is 9.06. The summed E-state index contributed by atoms with van der Waals surface area (Å²) in [5.41, 5.74) is 1.88. The highest BCUT2D eigenvalue weighted by molar-refractivity contribution is 5.85. The Morgan fingerprint density at radius 1 is 1.16 bits per heavy atom. The van der Waals surface area contributed by atoms with E-state index >= 15 is 0 Å². The van der Waals surface area contributed by atoms with Crippen LogP contribution in [0.2, 0.25) is 0 Å². The van der Waals surface area contributed by atoms with Gasteiger partial charge < -0.3 is 15.3 Å². The van der Waals surface area contributed by atoms with Crippen molar-refractivity contribution in [3.8, 4) is 0 Å². The first-order valence-electron chi connectivity index (χ1n) is 5.66. The number of aromatic carboxylic acids is 1. The molecule has 2 N–H and O–H groups in total. The largest absolute Gasteiger partial charge is 0.476 e.